The smallest absolute Gasteiger partial charge is 0.121 e. The van der Waals surface area contributed by atoms with E-state index in [2.05, 4.69) is 11.8 Å². The first-order valence-corrected chi connectivity index (χ1v) is 8.48. The van der Waals surface area contributed by atoms with Crippen LogP contribution in [-0.4, -0.2) is 31.1 Å². The third-order valence-corrected chi connectivity index (χ3v) is 4.38. The average Bonchev–Trinajstić information content (AvgIpc) is 2.70. The highest BCUT2D eigenvalue weighted by Crippen LogP contribution is 2.22. The molecule has 118 valence electrons. The zero-order valence-corrected chi connectivity index (χ0v) is 13.4. The van der Waals surface area contributed by atoms with Crippen molar-refractivity contribution >= 4 is 5.69 Å². The molecule has 3 heteroatoms. The number of benzene rings is 1. The van der Waals surface area contributed by atoms with Gasteiger partial charge in [0.05, 0.1) is 6.61 Å². The van der Waals surface area contributed by atoms with Crippen molar-refractivity contribution in [2.24, 2.45) is 5.92 Å². The van der Waals surface area contributed by atoms with E-state index in [-0.39, 0.29) is 0 Å². The second-order valence-electron chi connectivity index (χ2n) is 6.20. The van der Waals surface area contributed by atoms with Crippen LogP contribution in [0.5, 0.6) is 5.75 Å². The van der Waals surface area contributed by atoms with Gasteiger partial charge in [-0.25, -0.2) is 0 Å². The van der Waals surface area contributed by atoms with Gasteiger partial charge in [0.2, 0.25) is 0 Å². The molecule has 0 radical (unpaired) electrons. The minimum Gasteiger partial charge on any atom is -0.493 e. The zero-order chi connectivity index (χ0) is 14.9. The fourth-order valence-corrected chi connectivity index (χ4v) is 3.23. The molecule has 1 aliphatic heterocycles. The quantitative estimate of drug-likeness (QED) is 0.610. The van der Waals surface area contributed by atoms with Crippen LogP contribution in [0.4, 0.5) is 5.69 Å². The highest BCUT2D eigenvalue weighted by molar-refractivity contribution is 5.43. The summed E-state index contributed by atoms with van der Waals surface area (Å²) in [5.41, 5.74) is 6.51. The molecule has 1 fully saturated rings. The van der Waals surface area contributed by atoms with Crippen molar-refractivity contribution in [1.82, 2.24) is 4.90 Å². The maximum absolute atomic E-state index is 5.76. The van der Waals surface area contributed by atoms with Crippen LogP contribution in [0.1, 0.15) is 45.4 Å². The highest BCUT2D eigenvalue weighted by atomic mass is 16.5. The summed E-state index contributed by atoms with van der Waals surface area (Å²) in [5.74, 6) is 1.84. The van der Waals surface area contributed by atoms with Crippen LogP contribution in [0.2, 0.25) is 0 Å². The summed E-state index contributed by atoms with van der Waals surface area (Å²) in [6.07, 6.45) is 7.99. The molecule has 1 atom stereocenters. The van der Waals surface area contributed by atoms with Crippen molar-refractivity contribution in [2.75, 3.05) is 32.0 Å². The molecule has 1 saturated heterocycles. The number of hydrogen-bond donors (Lipinski definition) is 1. The maximum Gasteiger partial charge on any atom is 0.121 e. The summed E-state index contributed by atoms with van der Waals surface area (Å²) >= 11 is 0. The molecule has 0 aliphatic carbocycles. The standard InChI is InChI=1S/C18H30N2O/c1-2-6-16-7-4-11-20(13-10-16)12-5-14-21-18-9-3-8-17(19)15-18/h3,8-9,15-16H,2,4-7,10-14,19H2,1H3. The van der Waals surface area contributed by atoms with Crippen LogP contribution in [-0.2, 0) is 0 Å². The number of nitrogen functional groups attached to an aromatic ring is 1. The van der Waals surface area contributed by atoms with Crippen molar-refractivity contribution in [3.8, 4) is 5.75 Å². The third-order valence-electron chi connectivity index (χ3n) is 4.38. The monoisotopic (exact) mass is 290 g/mol. The predicted molar refractivity (Wildman–Crippen MR) is 89.7 cm³/mol. The van der Waals surface area contributed by atoms with Gasteiger partial charge in [0, 0.05) is 18.3 Å². The zero-order valence-electron chi connectivity index (χ0n) is 13.4. The fraction of sp³-hybridized carbons (Fsp3) is 0.667. The molecular weight excluding hydrogens is 260 g/mol. The lowest BCUT2D eigenvalue weighted by molar-refractivity contribution is 0.237. The molecule has 3 nitrogen and oxygen atoms in total. The Bertz CT molecular complexity index is 408. The molecule has 2 rings (SSSR count). The molecule has 21 heavy (non-hydrogen) atoms. The van der Waals surface area contributed by atoms with Crippen molar-refractivity contribution in [3.05, 3.63) is 24.3 Å². The van der Waals surface area contributed by atoms with E-state index in [1.807, 2.05) is 24.3 Å². The van der Waals surface area contributed by atoms with E-state index in [0.29, 0.717) is 0 Å². The van der Waals surface area contributed by atoms with Crippen LogP contribution in [0.15, 0.2) is 24.3 Å². The average molecular weight is 290 g/mol. The number of nitrogens with zero attached hydrogens (tertiary/aromatic N) is 1. The molecule has 0 spiro atoms. The molecule has 1 unspecified atom stereocenters. The minimum atomic E-state index is 0.766. The molecular formula is C18H30N2O. The lowest BCUT2D eigenvalue weighted by atomic mass is 9.96. The Balaban J connectivity index is 1.62. The Morgan fingerprint density at radius 1 is 1.29 bits per heavy atom. The molecule has 1 aromatic carbocycles. The summed E-state index contributed by atoms with van der Waals surface area (Å²) in [4.78, 5) is 2.61. The van der Waals surface area contributed by atoms with Crippen LogP contribution < -0.4 is 10.5 Å². The number of likely N-dealkylation sites (tertiary alicyclic amines) is 1. The summed E-state index contributed by atoms with van der Waals surface area (Å²) in [6.45, 7) is 6.76. The van der Waals surface area contributed by atoms with Crippen LogP contribution in [0.25, 0.3) is 0 Å². The Hall–Kier alpha value is -1.22. The van der Waals surface area contributed by atoms with Gasteiger partial charge in [0.25, 0.3) is 0 Å². The van der Waals surface area contributed by atoms with Crippen LogP contribution >= 0.6 is 0 Å². The molecule has 1 aromatic rings. The molecule has 0 aromatic heterocycles. The van der Waals surface area contributed by atoms with E-state index in [0.717, 1.165) is 36.9 Å². The summed E-state index contributed by atoms with van der Waals surface area (Å²) in [6, 6.07) is 7.68. The fourth-order valence-electron chi connectivity index (χ4n) is 3.23. The number of hydrogen-bond acceptors (Lipinski definition) is 3. The number of nitrogens with two attached hydrogens (primary N) is 1. The minimum absolute atomic E-state index is 0.766. The van der Waals surface area contributed by atoms with Crippen molar-refractivity contribution in [3.63, 3.8) is 0 Å². The van der Waals surface area contributed by atoms with Gasteiger partial charge in [0.1, 0.15) is 5.75 Å². The van der Waals surface area contributed by atoms with Crippen LogP contribution in [0.3, 0.4) is 0 Å². The lowest BCUT2D eigenvalue weighted by Crippen LogP contribution is -2.27. The SMILES string of the molecule is CCCC1CCCN(CCCOc2cccc(N)c2)CC1. The Morgan fingerprint density at radius 3 is 3.00 bits per heavy atom. The Labute approximate surface area is 129 Å². The van der Waals surface area contributed by atoms with Gasteiger partial charge in [-0.15, -0.1) is 0 Å². The number of anilines is 1. The van der Waals surface area contributed by atoms with Gasteiger partial charge in [-0.1, -0.05) is 25.8 Å². The maximum atomic E-state index is 5.76. The molecule has 0 saturated carbocycles. The van der Waals surface area contributed by atoms with E-state index < -0.39 is 0 Å². The molecule has 2 N–H and O–H groups in total. The predicted octanol–water partition coefficient (Wildman–Crippen LogP) is 3.94. The van der Waals surface area contributed by atoms with Gasteiger partial charge in [-0.3, -0.25) is 0 Å². The summed E-state index contributed by atoms with van der Waals surface area (Å²) < 4.78 is 5.76. The van der Waals surface area contributed by atoms with E-state index in [1.54, 1.807) is 0 Å². The largest absolute Gasteiger partial charge is 0.493 e. The molecule has 0 amide bonds. The van der Waals surface area contributed by atoms with E-state index in [1.165, 1.54) is 45.2 Å². The first kappa shape index (κ1) is 16.2. The molecule has 0 bridgehead atoms. The van der Waals surface area contributed by atoms with Crippen molar-refractivity contribution in [1.29, 1.82) is 0 Å². The summed E-state index contributed by atoms with van der Waals surface area (Å²) in [7, 11) is 0. The summed E-state index contributed by atoms with van der Waals surface area (Å²) in [5, 5.41) is 0. The molecule has 1 heterocycles. The number of ether oxygens (including phenoxy) is 1. The second-order valence-corrected chi connectivity index (χ2v) is 6.20. The second kappa shape index (κ2) is 8.93. The van der Waals surface area contributed by atoms with E-state index in [9.17, 15) is 0 Å². The van der Waals surface area contributed by atoms with Gasteiger partial charge in [-0.05, 0) is 56.8 Å². The van der Waals surface area contributed by atoms with Crippen LogP contribution in [0, 0.1) is 5.92 Å². The van der Waals surface area contributed by atoms with Gasteiger partial charge in [-0.2, -0.15) is 0 Å². The first-order valence-electron chi connectivity index (χ1n) is 8.48. The normalized spacial score (nSPS) is 20.1. The number of rotatable bonds is 7. The van der Waals surface area contributed by atoms with E-state index in [4.69, 9.17) is 10.5 Å². The third kappa shape index (κ3) is 5.96. The topological polar surface area (TPSA) is 38.5 Å². The van der Waals surface area contributed by atoms with Crippen molar-refractivity contribution < 1.29 is 4.74 Å². The van der Waals surface area contributed by atoms with Gasteiger partial charge in [0.15, 0.2) is 0 Å². The van der Waals surface area contributed by atoms with Gasteiger partial charge >= 0.3 is 0 Å². The Kier molecular flexibility index (Phi) is 6.87. The molecule has 1 aliphatic rings. The van der Waals surface area contributed by atoms with E-state index >= 15 is 0 Å². The van der Waals surface area contributed by atoms with Crippen molar-refractivity contribution in [2.45, 2.75) is 45.4 Å². The van der Waals surface area contributed by atoms with Gasteiger partial charge < -0.3 is 15.4 Å². The first-order chi connectivity index (χ1) is 10.3. The highest BCUT2D eigenvalue weighted by Gasteiger charge is 2.15. The Morgan fingerprint density at radius 2 is 2.19 bits per heavy atom. The lowest BCUT2D eigenvalue weighted by Gasteiger charge is -2.20.